The molecule has 1 aromatic carbocycles. The molecule has 7 heteroatoms. The zero-order chi connectivity index (χ0) is 15.0. The summed E-state index contributed by atoms with van der Waals surface area (Å²) in [4.78, 5) is 23.8. The predicted molar refractivity (Wildman–Crippen MR) is 67.9 cm³/mol. The predicted octanol–water partition coefficient (Wildman–Crippen LogP) is 1.78. The first-order chi connectivity index (χ1) is 9.50. The van der Waals surface area contributed by atoms with Gasteiger partial charge < -0.3 is 14.7 Å². The number of anilines is 1. The van der Waals surface area contributed by atoms with Crippen molar-refractivity contribution in [2.45, 2.75) is 12.8 Å². The van der Waals surface area contributed by atoms with Crippen LogP contribution in [0.1, 0.15) is 6.42 Å². The number of halogens is 2. The van der Waals surface area contributed by atoms with Gasteiger partial charge in [0.2, 0.25) is 5.91 Å². The first-order valence-electron chi connectivity index (χ1n) is 5.94. The lowest BCUT2D eigenvalue weighted by atomic mass is 10.2. The molecule has 0 heterocycles. The van der Waals surface area contributed by atoms with Crippen molar-refractivity contribution in [3.63, 3.8) is 0 Å². The van der Waals surface area contributed by atoms with Gasteiger partial charge in [-0.05, 0) is 12.1 Å². The van der Waals surface area contributed by atoms with Crippen LogP contribution in [0.2, 0.25) is 0 Å². The summed E-state index contributed by atoms with van der Waals surface area (Å²) in [5.41, 5.74) is 0.439. The number of nitrogens with zero attached hydrogens (tertiary/aromatic N) is 1. The van der Waals surface area contributed by atoms with Crippen molar-refractivity contribution in [1.82, 2.24) is 0 Å². The number of benzene rings is 1. The quantitative estimate of drug-likeness (QED) is 0.740. The van der Waals surface area contributed by atoms with Crippen LogP contribution in [0.15, 0.2) is 30.3 Å². The zero-order valence-corrected chi connectivity index (χ0v) is 10.7. The molecule has 5 nitrogen and oxygen atoms in total. The summed E-state index contributed by atoms with van der Waals surface area (Å²) >= 11 is 0. The van der Waals surface area contributed by atoms with E-state index in [4.69, 9.17) is 5.11 Å². The molecule has 0 atom stereocenters. The van der Waals surface area contributed by atoms with Crippen LogP contribution in [-0.4, -0.2) is 43.2 Å². The lowest BCUT2D eigenvalue weighted by molar-refractivity contribution is -0.136. The molecule has 1 amide bonds. The molecule has 0 bridgehead atoms. The summed E-state index contributed by atoms with van der Waals surface area (Å²) in [7, 11) is 0. The van der Waals surface area contributed by atoms with Crippen LogP contribution in [0.25, 0.3) is 0 Å². The topological polar surface area (TPSA) is 66.8 Å². The number of rotatable bonds is 8. The first-order valence-corrected chi connectivity index (χ1v) is 5.94. The molecule has 1 N–H and O–H groups in total. The largest absolute Gasteiger partial charge is 0.480 e. The lowest BCUT2D eigenvalue weighted by Crippen LogP contribution is -2.36. The van der Waals surface area contributed by atoms with Crippen molar-refractivity contribution in [2.75, 3.05) is 24.7 Å². The Kier molecular flexibility index (Phi) is 6.58. The third kappa shape index (κ3) is 5.75. The molecule has 0 saturated heterocycles. The molecule has 0 aliphatic heterocycles. The summed E-state index contributed by atoms with van der Waals surface area (Å²) in [5.74, 6) is -1.65. The van der Waals surface area contributed by atoms with Gasteiger partial charge in [-0.25, -0.2) is 8.78 Å². The molecule has 0 saturated carbocycles. The molecule has 0 radical (unpaired) electrons. The first kappa shape index (κ1) is 16.0. The van der Waals surface area contributed by atoms with E-state index in [0.29, 0.717) is 5.69 Å². The van der Waals surface area contributed by atoms with Gasteiger partial charge in [0.15, 0.2) is 0 Å². The van der Waals surface area contributed by atoms with Crippen LogP contribution in [0, 0.1) is 0 Å². The van der Waals surface area contributed by atoms with E-state index < -0.39 is 31.5 Å². The number of aliphatic carboxylic acids is 1. The second-order valence-corrected chi connectivity index (χ2v) is 3.93. The summed E-state index contributed by atoms with van der Waals surface area (Å²) in [6.45, 7) is -1.40. The van der Waals surface area contributed by atoms with Gasteiger partial charge in [-0.3, -0.25) is 9.59 Å². The Morgan fingerprint density at radius 2 is 1.90 bits per heavy atom. The van der Waals surface area contributed by atoms with Crippen LogP contribution in [-0.2, 0) is 14.3 Å². The van der Waals surface area contributed by atoms with Crippen molar-refractivity contribution in [3.8, 4) is 0 Å². The smallest absolute Gasteiger partial charge is 0.323 e. The highest BCUT2D eigenvalue weighted by molar-refractivity contribution is 5.97. The Labute approximate surface area is 114 Å². The summed E-state index contributed by atoms with van der Waals surface area (Å²) in [6, 6.07) is 8.27. The van der Waals surface area contributed by atoms with E-state index in [2.05, 4.69) is 4.74 Å². The van der Waals surface area contributed by atoms with E-state index >= 15 is 0 Å². The molecular weight excluding hydrogens is 272 g/mol. The van der Waals surface area contributed by atoms with Gasteiger partial charge in [-0.15, -0.1) is 0 Å². The van der Waals surface area contributed by atoms with Gasteiger partial charge in [0, 0.05) is 5.69 Å². The van der Waals surface area contributed by atoms with E-state index in [1.165, 1.54) is 0 Å². The van der Waals surface area contributed by atoms with Gasteiger partial charge in [-0.1, -0.05) is 18.2 Å². The van der Waals surface area contributed by atoms with Crippen LogP contribution in [0.4, 0.5) is 14.5 Å². The second-order valence-electron chi connectivity index (χ2n) is 3.93. The highest BCUT2D eigenvalue weighted by Gasteiger charge is 2.18. The minimum absolute atomic E-state index is 0.158. The average molecular weight is 287 g/mol. The Balaban J connectivity index is 2.59. The zero-order valence-electron chi connectivity index (χ0n) is 10.7. The average Bonchev–Trinajstić information content (AvgIpc) is 2.41. The number of carboxylic acid groups (broad SMARTS) is 1. The van der Waals surface area contributed by atoms with Crippen molar-refractivity contribution in [3.05, 3.63) is 30.3 Å². The Bertz CT molecular complexity index is 439. The number of amides is 1. The molecule has 0 aromatic heterocycles. The number of hydrogen-bond acceptors (Lipinski definition) is 3. The maximum atomic E-state index is 11.9. The van der Waals surface area contributed by atoms with E-state index in [1.807, 2.05) is 0 Å². The normalized spacial score (nSPS) is 10.6. The van der Waals surface area contributed by atoms with E-state index in [0.717, 1.165) is 4.90 Å². The fourth-order valence-corrected chi connectivity index (χ4v) is 1.53. The van der Waals surface area contributed by atoms with Gasteiger partial charge >= 0.3 is 5.97 Å². The minimum atomic E-state index is -2.59. The van der Waals surface area contributed by atoms with Gasteiger partial charge in [0.05, 0.1) is 13.0 Å². The Hall–Kier alpha value is -2.02. The van der Waals surface area contributed by atoms with Crippen LogP contribution >= 0.6 is 0 Å². The second kappa shape index (κ2) is 8.21. The number of carbonyl (C=O) groups is 2. The van der Waals surface area contributed by atoms with E-state index in [-0.39, 0.29) is 13.0 Å². The molecule has 20 heavy (non-hydrogen) atoms. The maximum absolute atomic E-state index is 11.9. The number of para-hydroxylation sites is 1. The fraction of sp³-hybridized carbons (Fsp3) is 0.385. The molecule has 1 aromatic rings. The van der Waals surface area contributed by atoms with Crippen molar-refractivity contribution in [2.24, 2.45) is 0 Å². The Morgan fingerprint density at radius 1 is 1.25 bits per heavy atom. The number of hydrogen-bond donors (Lipinski definition) is 1. The summed E-state index contributed by atoms with van der Waals surface area (Å²) in [5, 5.41) is 8.81. The number of ether oxygens (including phenoxy) is 1. The van der Waals surface area contributed by atoms with Gasteiger partial charge in [0.25, 0.3) is 6.43 Å². The van der Waals surface area contributed by atoms with Crippen molar-refractivity contribution < 1.29 is 28.2 Å². The Morgan fingerprint density at radius 3 is 2.45 bits per heavy atom. The molecule has 0 spiro atoms. The standard InChI is InChI=1S/C13H15F2NO4/c14-11(15)9-20-7-6-12(17)16(8-13(18)19)10-4-2-1-3-5-10/h1-5,11H,6-9H2,(H,18,19). The van der Waals surface area contributed by atoms with Crippen molar-refractivity contribution >= 4 is 17.6 Å². The highest BCUT2D eigenvalue weighted by Crippen LogP contribution is 2.14. The number of alkyl halides is 2. The van der Waals surface area contributed by atoms with E-state index in [9.17, 15) is 18.4 Å². The maximum Gasteiger partial charge on any atom is 0.323 e. The van der Waals surface area contributed by atoms with Gasteiger partial charge in [0.1, 0.15) is 13.2 Å². The third-order valence-corrected chi connectivity index (χ3v) is 2.37. The van der Waals surface area contributed by atoms with Crippen LogP contribution in [0.5, 0.6) is 0 Å². The molecular formula is C13H15F2NO4. The lowest BCUT2D eigenvalue weighted by Gasteiger charge is -2.20. The molecule has 0 aliphatic rings. The number of carbonyl (C=O) groups excluding carboxylic acids is 1. The van der Waals surface area contributed by atoms with Crippen molar-refractivity contribution in [1.29, 1.82) is 0 Å². The number of carboxylic acids is 1. The van der Waals surface area contributed by atoms with Crippen LogP contribution in [0.3, 0.4) is 0 Å². The molecule has 0 unspecified atom stereocenters. The monoisotopic (exact) mass is 287 g/mol. The van der Waals surface area contributed by atoms with Gasteiger partial charge in [-0.2, -0.15) is 0 Å². The van der Waals surface area contributed by atoms with Crippen LogP contribution < -0.4 is 4.90 Å². The minimum Gasteiger partial charge on any atom is -0.480 e. The third-order valence-electron chi connectivity index (χ3n) is 2.37. The SMILES string of the molecule is O=C(O)CN(C(=O)CCOCC(F)F)c1ccccc1. The fourth-order valence-electron chi connectivity index (χ4n) is 1.53. The highest BCUT2D eigenvalue weighted by atomic mass is 19.3. The summed E-state index contributed by atoms with van der Waals surface area (Å²) < 4.78 is 28.3. The molecule has 0 aliphatic carbocycles. The summed E-state index contributed by atoms with van der Waals surface area (Å²) in [6.07, 6.45) is -2.75. The molecule has 0 fully saturated rings. The molecule has 1 rings (SSSR count). The molecule has 110 valence electrons. The van der Waals surface area contributed by atoms with E-state index in [1.54, 1.807) is 30.3 Å².